The molecule has 4 rings (SSSR count). The highest BCUT2D eigenvalue weighted by molar-refractivity contribution is 5.96. The van der Waals surface area contributed by atoms with Crippen LogP contribution in [-0.4, -0.2) is 16.7 Å². The minimum absolute atomic E-state index is 0.240. The van der Waals surface area contributed by atoms with Gasteiger partial charge in [0.05, 0.1) is 11.8 Å². The van der Waals surface area contributed by atoms with Crippen LogP contribution in [0.5, 0.6) is 11.5 Å². The summed E-state index contributed by atoms with van der Waals surface area (Å²) in [6.45, 7) is 3.92. The van der Waals surface area contributed by atoms with Gasteiger partial charge in [-0.25, -0.2) is 5.43 Å². The number of carbonyl (C=O) groups excluding carboxylic acids is 1. The zero-order chi connectivity index (χ0) is 21.6. The Morgan fingerprint density at radius 3 is 2.16 bits per heavy atom. The Hall–Kier alpha value is -4.12. The van der Waals surface area contributed by atoms with Crippen molar-refractivity contribution in [3.8, 4) is 17.2 Å². The molecule has 1 N–H and O–H groups in total. The molecule has 0 radical (unpaired) electrons. The molecule has 0 aliphatic carbocycles. The second kappa shape index (κ2) is 9.13. The smallest absolute Gasteiger partial charge is 0.273 e. The van der Waals surface area contributed by atoms with Crippen molar-refractivity contribution in [3.05, 3.63) is 114 Å². The van der Waals surface area contributed by atoms with Gasteiger partial charge in [0.15, 0.2) is 0 Å². The van der Waals surface area contributed by atoms with Crippen LogP contribution in [0.1, 0.15) is 27.3 Å². The zero-order valence-corrected chi connectivity index (χ0v) is 17.4. The minimum Gasteiger partial charge on any atom is -0.457 e. The van der Waals surface area contributed by atoms with Crippen molar-refractivity contribution in [3.63, 3.8) is 0 Å². The Labute approximate surface area is 181 Å². The number of aromatic nitrogens is 1. The van der Waals surface area contributed by atoms with Gasteiger partial charge in [0, 0.05) is 17.1 Å². The number of aryl methyl sites for hydroxylation is 1. The fourth-order valence-electron chi connectivity index (χ4n) is 3.44. The fourth-order valence-corrected chi connectivity index (χ4v) is 3.44. The van der Waals surface area contributed by atoms with E-state index in [0.29, 0.717) is 5.56 Å². The molecule has 1 aromatic heterocycles. The van der Waals surface area contributed by atoms with E-state index >= 15 is 0 Å². The molecule has 0 saturated carbocycles. The second-order valence-corrected chi connectivity index (χ2v) is 7.14. The Kier molecular flexibility index (Phi) is 5.94. The minimum atomic E-state index is -0.240. The van der Waals surface area contributed by atoms with Gasteiger partial charge in [-0.05, 0) is 74.0 Å². The number of nitrogens with one attached hydrogen (secondary N) is 1. The lowest BCUT2D eigenvalue weighted by atomic mass is 10.2. The van der Waals surface area contributed by atoms with E-state index in [1.165, 1.54) is 0 Å². The molecular weight excluding hydrogens is 386 g/mol. The number of hydrogen-bond donors (Lipinski definition) is 1. The maximum atomic E-state index is 12.7. The highest BCUT2D eigenvalue weighted by atomic mass is 16.5. The zero-order valence-electron chi connectivity index (χ0n) is 17.4. The number of rotatable bonds is 6. The molecule has 5 nitrogen and oxygen atoms in total. The van der Waals surface area contributed by atoms with Gasteiger partial charge < -0.3 is 9.30 Å². The maximum Gasteiger partial charge on any atom is 0.273 e. The van der Waals surface area contributed by atoms with Gasteiger partial charge in [0.2, 0.25) is 0 Å². The summed E-state index contributed by atoms with van der Waals surface area (Å²) in [7, 11) is 0. The van der Waals surface area contributed by atoms with Crippen LogP contribution >= 0.6 is 0 Å². The number of ether oxygens (including phenoxy) is 1. The first kappa shape index (κ1) is 20.2. The first-order chi connectivity index (χ1) is 15.1. The molecule has 1 heterocycles. The molecule has 31 heavy (non-hydrogen) atoms. The molecule has 0 bridgehead atoms. The molecule has 1 amide bonds. The standard InChI is InChI=1S/C26H23N3O2/c1-19-17-25(20(2)29(19)22-9-5-3-6-10-22)26(30)28-27-18-21-13-15-24(16-14-21)31-23-11-7-4-8-12-23/h3-18H,1-2H3,(H,28,30)/b27-18-. The average Bonchev–Trinajstić information content (AvgIpc) is 3.10. The molecule has 0 spiro atoms. The molecule has 0 atom stereocenters. The maximum absolute atomic E-state index is 12.7. The molecule has 0 aliphatic rings. The van der Waals surface area contributed by atoms with Gasteiger partial charge in [-0.2, -0.15) is 5.10 Å². The second-order valence-electron chi connectivity index (χ2n) is 7.14. The van der Waals surface area contributed by atoms with Gasteiger partial charge in [0.1, 0.15) is 11.5 Å². The first-order valence-electron chi connectivity index (χ1n) is 10.0. The van der Waals surface area contributed by atoms with Crippen LogP contribution in [-0.2, 0) is 0 Å². The molecule has 4 aromatic rings. The van der Waals surface area contributed by atoms with E-state index < -0.39 is 0 Å². The monoisotopic (exact) mass is 409 g/mol. The predicted molar refractivity (Wildman–Crippen MR) is 123 cm³/mol. The molecule has 0 aliphatic heterocycles. The van der Waals surface area contributed by atoms with E-state index in [1.54, 1.807) is 6.21 Å². The highest BCUT2D eigenvalue weighted by Crippen LogP contribution is 2.22. The normalized spacial score (nSPS) is 10.9. The van der Waals surface area contributed by atoms with E-state index in [-0.39, 0.29) is 5.91 Å². The van der Waals surface area contributed by atoms with E-state index in [2.05, 4.69) is 15.1 Å². The largest absolute Gasteiger partial charge is 0.457 e. The Morgan fingerprint density at radius 1 is 0.871 bits per heavy atom. The summed E-state index contributed by atoms with van der Waals surface area (Å²) in [5, 5.41) is 4.11. The lowest BCUT2D eigenvalue weighted by molar-refractivity contribution is 0.0954. The van der Waals surface area contributed by atoms with Crippen LogP contribution in [0.3, 0.4) is 0 Å². The summed E-state index contributed by atoms with van der Waals surface area (Å²) < 4.78 is 7.84. The molecule has 3 aromatic carbocycles. The van der Waals surface area contributed by atoms with Crippen LogP contribution < -0.4 is 10.2 Å². The van der Waals surface area contributed by atoms with Crippen LogP contribution in [0.15, 0.2) is 96.1 Å². The van der Waals surface area contributed by atoms with Gasteiger partial charge >= 0.3 is 0 Å². The quantitative estimate of drug-likeness (QED) is 0.330. The molecule has 154 valence electrons. The summed E-state index contributed by atoms with van der Waals surface area (Å²) >= 11 is 0. The van der Waals surface area contributed by atoms with Crippen LogP contribution in [0.2, 0.25) is 0 Å². The first-order valence-corrected chi connectivity index (χ1v) is 10.0. The van der Waals surface area contributed by atoms with Crippen LogP contribution in [0.4, 0.5) is 0 Å². The number of nitrogens with zero attached hydrogens (tertiary/aromatic N) is 2. The number of amides is 1. The summed E-state index contributed by atoms with van der Waals surface area (Å²) in [6.07, 6.45) is 1.61. The summed E-state index contributed by atoms with van der Waals surface area (Å²) in [5.74, 6) is 1.28. The Balaban J connectivity index is 1.41. The number of carbonyl (C=O) groups is 1. The molecule has 0 saturated heterocycles. The van der Waals surface area contributed by atoms with Gasteiger partial charge in [-0.3, -0.25) is 4.79 Å². The van der Waals surface area contributed by atoms with E-state index in [9.17, 15) is 4.79 Å². The summed E-state index contributed by atoms with van der Waals surface area (Å²) in [5.41, 5.74) is 6.97. The number of benzene rings is 3. The Bertz CT molecular complexity index is 1190. The SMILES string of the molecule is Cc1cc(C(=O)N/N=C\c2ccc(Oc3ccccc3)cc2)c(C)n1-c1ccccc1. The van der Waals surface area contributed by atoms with Gasteiger partial charge in [-0.15, -0.1) is 0 Å². The molecular formula is C26H23N3O2. The third-order valence-corrected chi connectivity index (χ3v) is 4.93. The molecule has 0 unspecified atom stereocenters. The van der Waals surface area contributed by atoms with Gasteiger partial charge in [0.25, 0.3) is 5.91 Å². The van der Waals surface area contributed by atoms with Crippen molar-refractivity contribution in [2.75, 3.05) is 0 Å². The van der Waals surface area contributed by atoms with Crippen molar-refractivity contribution >= 4 is 12.1 Å². The summed E-state index contributed by atoms with van der Waals surface area (Å²) in [6, 6.07) is 29.0. The lowest BCUT2D eigenvalue weighted by Gasteiger charge is -2.09. The van der Waals surface area contributed by atoms with E-state index in [4.69, 9.17) is 4.74 Å². The van der Waals surface area contributed by atoms with Crippen molar-refractivity contribution in [2.24, 2.45) is 5.10 Å². The van der Waals surface area contributed by atoms with E-state index in [1.807, 2.05) is 105 Å². The third-order valence-electron chi connectivity index (χ3n) is 4.93. The van der Waals surface area contributed by atoms with Gasteiger partial charge in [-0.1, -0.05) is 36.4 Å². The number of para-hydroxylation sites is 2. The lowest BCUT2D eigenvalue weighted by Crippen LogP contribution is -2.18. The van der Waals surface area contributed by atoms with Crippen LogP contribution in [0, 0.1) is 13.8 Å². The summed E-state index contributed by atoms with van der Waals surface area (Å²) in [4.78, 5) is 12.7. The topological polar surface area (TPSA) is 55.6 Å². The highest BCUT2D eigenvalue weighted by Gasteiger charge is 2.16. The number of hydrazone groups is 1. The van der Waals surface area contributed by atoms with Crippen LogP contribution in [0.25, 0.3) is 5.69 Å². The molecule has 5 heteroatoms. The van der Waals surface area contributed by atoms with Crippen molar-refractivity contribution in [1.82, 2.24) is 9.99 Å². The number of hydrogen-bond acceptors (Lipinski definition) is 3. The van der Waals surface area contributed by atoms with Crippen molar-refractivity contribution < 1.29 is 9.53 Å². The third kappa shape index (κ3) is 4.73. The van der Waals surface area contributed by atoms with E-state index in [0.717, 1.165) is 34.1 Å². The molecule has 0 fully saturated rings. The Morgan fingerprint density at radius 2 is 1.48 bits per heavy atom. The van der Waals surface area contributed by atoms with Crippen molar-refractivity contribution in [1.29, 1.82) is 0 Å². The fraction of sp³-hybridized carbons (Fsp3) is 0.0769. The van der Waals surface area contributed by atoms with Crippen molar-refractivity contribution in [2.45, 2.75) is 13.8 Å². The average molecular weight is 409 g/mol. The predicted octanol–water partition coefficient (Wildman–Crippen LogP) is 5.65.